The highest BCUT2D eigenvalue weighted by atomic mass is 19.1. The van der Waals surface area contributed by atoms with Crippen molar-refractivity contribution >= 4 is 11.8 Å². The summed E-state index contributed by atoms with van der Waals surface area (Å²) in [5, 5.41) is 2.50. The topological polar surface area (TPSA) is 78.1 Å². The number of likely N-dealkylation sites (N-methyl/N-ethyl adjacent to an activating group) is 1. The largest absolute Gasteiger partial charge is 0.347 e. The summed E-state index contributed by atoms with van der Waals surface area (Å²) in [5.41, 5.74) is 0.304. The lowest BCUT2D eigenvalue weighted by Crippen LogP contribution is -2.38. The van der Waals surface area contributed by atoms with Crippen LogP contribution in [0.1, 0.15) is 16.2 Å². The van der Waals surface area contributed by atoms with Crippen molar-refractivity contribution in [3.63, 3.8) is 0 Å². The van der Waals surface area contributed by atoms with Crippen LogP contribution in [0.4, 0.5) is 4.39 Å². The van der Waals surface area contributed by atoms with Crippen LogP contribution >= 0.6 is 0 Å². The Kier molecular flexibility index (Phi) is 4.65. The lowest BCUT2D eigenvalue weighted by molar-refractivity contribution is -0.129. The number of hydrogen-bond acceptors (Lipinski definition) is 3. The molecule has 0 atom stereocenters. The van der Waals surface area contributed by atoms with E-state index in [-0.39, 0.29) is 12.5 Å². The fourth-order valence-corrected chi connectivity index (χ4v) is 1.69. The molecule has 0 saturated carbocycles. The zero-order valence-corrected chi connectivity index (χ0v) is 11.5. The fourth-order valence-electron chi connectivity index (χ4n) is 1.69. The number of halogens is 1. The van der Waals surface area contributed by atoms with E-state index in [9.17, 15) is 14.0 Å². The average Bonchev–Trinajstić information content (AvgIpc) is 2.98. The smallest absolute Gasteiger partial charge is 0.251 e. The number of benzene rings is 1. The molecule has 2 aromatic rings. The lowest BCUT2D eigenvalue weighted by atomic mass is 10.2. The van der Waals surface area contributed by atoms with Crippen molar-refractivity contribution in [2.75, 3.05) is 13.6 Å². The Morgan fingerprint density at radius 1 is 1.33 bits per heavy atom. The highest BCUT2D eigenvalue weighted by molar-refractivity contribution is 5.96. The van der Waals surface area contributed by atoms with E-state index in [4.69, 9.17) is 0 Å². The number of carbonyl (C=O) groups excluding carboxylic acids is 2. The minimum Gasteiger partial charge on any atom is -0.347 e. The van der Waals surface area contributed by atoms with E-state index in [0.717, 1.165) is 0 Å². The predicted molar refractivity (Wildman–Crippen MR) is 73.8 cm³/mol. The molecular weight excluding hydrogens is 275 g/mol. The fraction of sp³-hybridized carbons (Fsp3) is 0.214. The second-order valence-electron chi connectivity index (χ2n) is 4.48. The molecule has 2 amide bonds. The minimum absolute atomic E-state index is 0.132. The number of rotatable bonds is 5. The van der Waals surface area contributed by atoms with Crippen molar-refractivity contribution in [1.82, 2.24) is 20.2 Å². The average molecular weight is 290 g/mol. The van der Waals surface area contributed by atoms with Gasteiger partial charge in [-0.1, -0.05) is 0 Å². The molecule has 0 aliphatic rings. The van der Waals surface area contributed by atoms with Crippen molar-refractivity contribution in [2.24, 2.45) is 0 Å². The van der Waals surface area contributed by atoms with Gasteiger partial charge in [0.15, 0.2) is 0 Å². The third kappa shape index (κ3) is 4.13. The summed E-state index contributed by atoms with van der Waals surface area (Å²) in [6.07, 6.45) is 3.27. The first-order valence-electron chi connectivity index (χ1n) is 6.32. The lowest BCUT2D eigenvalue weighted by Gasteiger charge is -2.16. The molecule has 0 aliphatic heterocycles. The van der Waals surface area contributed by atoms with Crippen molar-refractivity contribution in [3.05, 3.63) is 53.9 Å². The van der Waals surface area contributed by atoms with Gasteiger partial charge in [0.25, 0.3) is 5.91 Å². The van der Waals surface area contributed by atoms with Crippen LogP contribution in [0, 0.1) is 5.82 Å². The Morgan fingerprint density at radius 2 is 2.05 bits per heavy atom. The quantitative estimate of drug-likeness (QED) is 0.860. The van der Waals surface area contributed by atoms with Gasteiger partial charge in [-0.05, 0) is 24.3 Å². The number of nitrogens with zero attached hydrogens (tertiary/aromatic N) is 2. The standard InChI is InChI=1S/C14H15FN4O2/c1-19(9-12-16-6-7-17-12)13(20)8-18-14(21)10-2-4-11(15)5-3-10/h2-7H,8-9H2,1H3,(H,16,17)(H,18,21). The summed E-state index contributed by atoms with van der Waals surface area (Å²) < 4.78 is 12.7. The molecule has 2 rings (SSSR count). The molecule has 110 valence electrons. The van der Waals surface area contributed by atoms with Gasteiger partial charge in [0.2, 0.25) is 5.91 Å². The number of H-pyrrole nitrogens is 1. The first-order chi connectivity index (χ1) is 10.1. The molecular formula is C14H15FN4O2. The summed E-state index contributed by atoms with van der Waals surface area (Å²) in [5.74, 6) is -0.423. The number of aromatic nitrogens is 2. The first kappa shape index (κ1) is 14.7. The zero-order chi connectivity index (χ0) is 15.2. The van der Waals surface area contributed by atoms with Crippen molar-refractivity contribution in [3.8, 4) is 0 Å². The van der Waals surface area contributed by atoms with Crippen molar-refractivity contribution < 1.29 is 14.0 Å². The van der Waals surface area contributed by atoms with Gasteiger partial charge in [-0.3, -0.25) is 9.59 Å². The maximum absolute atomic E-state index is 12.7. The third-order valence-electron chi connectivity index (χ3n) is 2.87. The molecule has 0 aliphatic carbocycles. The summed E-state index contributed by atoms with van der Waals surface area (Å²) in [6, 6.07) is 5.11. The Hall–Kier alpha value is -2.70. The molecule has 1 aromatic heterocycles. The van der Waals surface area contributed by atoms with Gasteiger partial charge in [-0.2, -0.15) is 0 Å². The summed E-state index contributed by atoms with van der Waals surface area (Å²) >= 11 is 0. The maximum Gasteiger partial charge on any atom is 0.251 e. The molecule has 1 heterocycles. The molecule has 0 spiro atoms. The van der Waals surface area contributed by atoms with Gasteiger partial charge in [-0.25, -0.2) is 9.37 Å². The van der Waals surface area contributed by atoms with Crippen LogP contribution in [0.15, 0.2) is 36.7 Å². The number of hydrogen-bond donors (Lipinski definition) is 2. The van der Waals surface area contributed by atoms with Crippen LogP contribution in [-0.4, -0.2) is 40.3 Å². The van der Waals surface area contributed by atoms with Gasteiger partial charge in [0.05, 0.1) is 13.1 Å². The van der Waals surface area contributed by atoms with E-state index in [1.807, 2.05) is 0 Å². The number of carbonyl (C=O) groups is 2. The first-order valence-corrected chi connectivity index (χ1v) is 6.32. The van der Waals surface area contributed by atoms with Crippen LogP contribution in [0.2, 0.25) is 0 Å². The number of nitrogens with one attached hydrogen (secondary N) is 2. The van der Waals surface area contributed by atoms with E-state index >= 15 is 0 Å². The maximum atomic E-state index is 12.7. The highest BCUT2D eigenvalue weighted by Crippen LogP contribution is 2.02. The van der Waals surface area contributed by atoms with Crippen LogP contribution in [-0.2, 0) is 11.3 Å². The van der Waals surface area contributed by atoms with E-state index in [2.05, 4.69) is 15.3 Å². The van der Waals surface area contributed by atoms with Crippen molar-refractivity contribution in [2.45, 2.75) is 6.54 Å². The molecule has 0 bridgehead atoms. The molecule has 1 aromatic carbocycles. The predicted octanol–water partition coefficient (Wildman–Crippen LogP) is 0.937. The molecule has 0 fully saturated rings. The van der Waals surface area contributed by atoms with Gasteiger partial charge in [0, 0.05) is 25.0 Å². The highest BCUT2D eigenvalue weighted by Gasteiger charge is 2.12. The van der Waals surface area contributed by atoms with Crippen LogP contribution < -0.4 is 5.32 Å². The second-order valence-corrected chi connectivity index (χ2v) is 4.48. The van der Waals surface area contributed by atoms with Gasteiger partial charge in [-0.15, -0.1) is 0 Å². The Labute approximate surface area is 121 Å². The zero-order valence-electron chi connectivity index (χ0n) is 11.5. The number of amides is 2. The third-order valence-corrected chi connectivity index (χ3v) is 2.87. The summed E-state index contributed by atoms with van der Waals surface area (Å²) in [4.78, 5) is 32.0. The molecule has 2 N–H and O–H groups in total. The Bertz CT molecular complexity index is 610. The van der Waals surface area contributed by atoms with Crippen LogP contribution in [0.3, 0.4) is 0 Å². The summed E-state index contributed by atoms with van der Waals surface area (Å²) in [6.45, 7) is 0.200. The SMILES string of the molecule is CN(Cc1ncc[nH]1)C(=O)CNC(=O)c1ccc(F)cc1. The molecule has 7 heteroatoms. The number of imidazole rings is 1. The molecule has 21 heavy (non-hydrogen) atoms. The summed E-state index contributed by atoms with van der Waals surface area (Å²) in [7, 11) is 1.62. The molecule has 0 saturated heterocycles. The molecule has 0 unspecified atom stereocenters. The molecule has 6 nitrogen and oxygen atoms in total. The Balaban J connectivity index is 1.83. The second kappa shape index (κ2) is 6.65. The van der Waals surface area contributed by atoms with E-state index in [1.54, 1.807) is 19.4 Å². The van der Waals surface area contributed by atoms with Gasteiger partial charge in [0.1, 0.15) is 11.6 Å². The Morgan fingerprint density at radius 3 is 2.67 bits per heavy atom. The number of aromatic amines is 1. The van der Waals surface area contributed by atoms with Crippen LogP contribution in [0.5, 0.6) is 0 Å². The monoisotopic (exact) mass is 290 g/mol. The van der Waals surface area contributed by atoms with Crippen LogP contribution in [0.25, 0.3) is 0 Å². The van der Waals surface area contributed by atoms with E-state index < -0.39 is 11.7 Å². The minimum atomic E-state index is -0.422. The van der Waals surface area contributed by atoms with E-state index in [1.165, 1.54) is 29.2 Å². The molecule has 0 radical (unpaired) electrons. The van der Waals surface area contributed by atoms with Gasteiger partial charge >= 0.3 is 0 Å². The van der Waals surface area contributed by atoms with E-state index in [0.29, 0.717) is 17.9 Å². The van der Waals surface area contributed by atoms with Gasteiger partial charge < -0.3 is 15.2 Å². The normalized spacial score (nSPS) is 10.2. The van der Waals surface area contributed by atoms with Crippen molar-refractivity contribution in [1.29, 1.82) is 0 Å².